The van der Waals surface area contributed by atoms with Gasteiger partial charge in [0.25, 0.3) is 5.91 Å². The molecule has 6 heteroatoms. The van der Waals surface area contributed by atoms with Crippen LogP contribution in [0, 0.1) is 36.8 Å². The molecule has 4 nitrogen and oxygen atoms in total. The van der Waals surface area contributed by atoms with E-state index in [0.29, 0.717) is 11.3 Å². The van der Waals surface area contributed by atoms with Crippen molar-refractivity contribution in [3.63, 3.8) is 0 Å². The van der Waals surface area contributed by atoms with Crippen molar-refractivity contribution in [1.82, 2.24) is 9.88 Å². The first-order valence-corrected chi connectivity index (χ1v) is 8.32. The largest absolute Gasteiger partial charge is 0.332 e. The number of rotatable bonds is 4. The predicted octanol–water partition coefficient (Wildman–Crippen LogP) is 4.37. The van der Waals surface area contributed by atoms with Crippen molar-refractivity contribution >= 4 is 5.91 Å². The van der Waals surface area contributed by atoms with Crippen LogP contribution in [0.3, 0.4) is 0 Å². The molecule has 0 bridgehead atoms. The summed E-state index contributed by atoms with van der Waals surface area (Å²) in [5.41, 5.74) is 2.62. The number of aryl methyl sites for hydroxylation is 1. The number of carbonyl (C=O) groups is 1. The van der Waals surface area contributed by atoms with Crippen molar-refractivity contribution in [2.45, 2.75) is 19.9 Å². The average Bonchev–Trinajstić information content (AvgIpc) is 2.95. The zero-order valence-electron chi connectivity index (χ0n) is 14.8. The number of nitrogens with zero attached hydrogens (tertiary/aromatic N) is 2. The average molecular weight is 365 g/mol. The van der Waals surface area contributed by atoms with E-state index in [9.17, 15) is 18.8 Å². The smallest absolute Gasteiger partial charge is 0.254 e. The minimum atomic E-state index is -1.10. The SMILES string of the molecule is Cc1cc(C(=O)NC(C#N)c2ccccc2F)c(C)n1-c1ccc(F)cc1. The van der Waals surface area contributed by atoms with Crippen LogP contribution >= 0.6 is 0 Å². The van der Waals surface area contributed by atoms with Crippen LogP contribution in [0.2, 0.25) is 0 Å². The molecule has 1 aromatic heterocycles. The molecule has 3 aromatic rings. The zero-order valence-corrected chi connectivity index (χ0v) is 14.8. The Balaban J connectivity index is 1.92. The number of carbonyl (C=O) groups excluding carboxylic acids is 1. The van der Waals surface area contributed by atoms with E-state index in [2.05, 4.69) is 5.32 Å². The molecule has 0 aliphatic carbocycles. The molecular formula is C21H17F2N3O. The number of hydrogen-bond donors (Lipinski definition) is 1. The van der Waals surface area contributed by atoms with Gasteiger partial charge in [-0.3, -0.25) is 4.79 Å². The molecular weight excluding hydrogens is 348 g/mol. The molecule has 1 N–H and O–H groups in total. The summed E-state index contributed by atoms with van der Waals surface area (Å²) in [5.74, 6) is -1.38. The fourth-order valence-corrected chi connectivity index (χ4v) is 3.08. The Morgan fingerprint density at radius 2 is 1.78 bits per heavy atom. The van der Waals surface area contributed by atoms with Gasteiger partial charge in [0.05, 0.1) is 11.6 Å². The van der Waals surface area contributed by atoms with Gasteiger partial charge in [0.1, 0.15) is 17.7 Å². The topological polar surface area (TPSA) is 57.8 Å². The molecule has 0 spiro atoms. The maximum Gasteiger partial charge on any atom is 0.254 e. The molecule has 1 unspecified atom stereocenters. The Hall–Kier alpha value is -3.46. The van der Waals surface area contributed by atoms with Gasteiger partial charge >= 0.3 is 0 Å². The number of nitrogens with one attached hydrogen (secondary N) is 1. The van der Waals surface area contributed by atoms with E-state index >= 15 is 0 Å². The van der Waals surface area contributed by atoms with Gasteiger partial charge in [-0.25, -0.2) is 8.78 Å². The van der Waals surface area contributed by atoms with Crippen LogP contribution in [0.4, 0.5) is 8.78 Å². The molecule has 1 amide bonds. The maximum atomic E-state index is 13.9. The van der Waals surface area contributed by atoms with Crippen LogP contribution in [-0.4, -0.2) is 10.5 Å². The van der Waals surface area contributed by atoms with Crippen molar-refractivity contribution in [1.29, 1.82) is 5.26 Å². The molecule has 0 saturated heterocycles. The van der Waals surface area contributed by atoms with Crippen molar-refractivity contribution in [2.75, 3.05) is 0 Å². The summed E-state index contributed by atoms with van der Waals surface area (Å²) in [5, 5.41) is 11.9. The first-order chi connectivity index (χ1) is 12.9. The fraction of sp³-hybridized carbons (Fsp3) is 0.143. The van der Waals surface area contributed by atoms with Crippen molar-refractivity contribution in [2.24, 2.45) is 0 Å². The van der Waals surface area contributed by atoms with E-state index in [4.69, 9.17) is 0 Å². The van der Waals surface area contributed by atoms with E-state index in [1.165, 1.54) is 30.3 Å². The lowest BCUT2D eigenvalue weighted by atomic mass is 10.1. The summed E-state index contributed by atoms with van der Waals surface area (Å²) in [6, 6.07) is 14.3. The first kappa shape index (κ1) is 18.3. The normalized spacial score (nSPS) is 11.7. The summed E-state index contributed by atoms with van der Waals surface area (Å²) in [7, 11) is 0. The highest BCUT2D eigenvalue weighted by Crippen LogP contribution is 2.23. The van der Waals surface area contributed by atoms with Gasteiger partial charge in [0.2, 0.25) is 0 Å². The number of benzene rings is 2. The van der Waals surface area contributed by atoms with E-state index in [1.807, 2.05) is 17.6 Å². The highest BCUT2D eigenvalue weighted by molar-refractivity contribution is 5.96. The van der Waals surface area contributed by atoms with Crippen molar-refractivity contribution in [3.8, 4) is 11.8 Å². The molecule has 0 fully saturated rings. The van der Waals surface area contributed by atoms with E-state index in [1.54, 1.807) is 31.2 Å². The Bertz CT molecular complexity index is 1030. The predicted molar refractivity (Wildman–Crippen MR) is 97.4 cm³/mol. The van der Waals surface area contributed by atoms with Crippen LogP contribution in [0.15, 0.2) is 54.6 Å². The van der Waals surface area contributed by atoms with E-state index in [-0.39, 0.29) is 11.4 Å². The first-order valence-electron chi connectivity index (χ1n) is 8.32. The van der Waals surface area contributed by atoms with Gasteiger partial charge in [-0.1, -0.05) is 18.2 Å². The second-order valence-electron chi connectivity index (χ2n) is 6.15. The monoisotopic (exact) mass is 365 g/mol. The minimum Gasteiger partial charge on any atom is -0.332 e. The molecule has 1 atom stereocenters. The molecule has 1 heterocycles. The summed E-state index contributed by atoms with van der Waals surface area (Å²) >= 11 is 0. The molecule has 0 aliphatic heterocycles. The highest BCUT2D eigenvalue weighted by Gasteiger charge is 2.22. The van der Waals surface area contributed by atoms with Crippen LogP contribution in [0.25, 0.3) is 5.69 Å². The maximum absolute atomic E-state index is 13.9. The Kier molecular flexibility index (Phi) is 5.04. The summed E-state index contributed by atoms with van der Waals surface area (Å²) in [6.45, 7) is 3.58. The van der Waals surface area contributed by atoms with Gasteiger partial charge in [-0.15, -0.1) is 0 Å². The van der Waals surface area contributed by atoms with Gasteiger partial charge < -0.3 is 9.88 Å². The van der Waals surface area contributed by atoms with Gasteiger partial charge in [0, 0.05) is 22.6 Å². The van der Waals surface area contributed by atoms with Crippen LogP contribution in [0.5, 0.6) is 0 Å². The number of amides is 1. The number of hydrogen-bond acceptors (Lipinski definition) is 2. The number of halogens is 2. The molecule has 0 saturated carbocycles. The zero-order chi connectivity index (χ0) is 19.6. The molecule has 0 aliphatic rings. The van der Waals surface area contributed by atoms with Gasteiger partial charge in [0.15, 0.2) is 0 Å². The Morgan fingerprint density at radius 3 is 2.41 bits per heavy atom. The lowest BCUT2D eigenvalue weighted by molar-refractivity contribution is 0.0944. The van der Waals surface area contributed by atoms with Gasteiger partial charge in [-0.2, -0.15) is 5.26 Å². The molecule has 136 valence electrons. The third-order valence-corrected chi connectivity index (χ3v) is 4.38. The number of nitriles is 1. The second kappa shape index (κ2) is 7.42. The van der Waals surface area contributed by atoms with Crippen LogP contribution in [0.1, 0.15) is 33.4 Å². The second-order valence-corrected chi connectivity index (χ2v) is 6.15. The summed E-state index contributed by atoms with van der Waals surface area (Å²) in [6.07, 6.45) is 0. The third-order valence-electron chi connectivity index (χ3n) is 4.38. The van der Waals surface area contributed by atoms with E-state index in [0.717, 1.165) is 11.4 Å². The lowest BCUT2D eigenvalue weighted by Crippen LogP contribution is -2.28. The van der Waals surface area contributed by atoms with E-state index < -0.39 is 17.8 Å². The third kappa shape index (κ3) is 3.58. The standard InChI is InChI=1S/C21H17F2N3O/c1-13-11-18(14(2)26(13)16-9-7-15(22)8-10-16)21(27)25-20(12-24)17-5-3-4-6-19(17)23/h3-11,20H,1-2H3,(H,25,27). The van der Waals surface area contributed by atoms with Crippen molar-refractivity contribution < 1.29 is 13.6 Å². The molecule has 0 radical (unpaired) electrons. The van der Waals surface area contributed by atoms with Gasteiger partial charge in [-0.05, 0) is 50.2 Å². The Labute approximate surface area is 155 Å². The molecule has 2 aromatic carbocycles. The summed E-state index contributed by atoms with van der Waals surface area (Å²) < 4.78 is 28.9. The molecule has 27 heavy (non-hydrogen) atoms. The highest BCUT2D eigenvalue weighted by atomic mass is 19.1. The molecule has 3 rings (SSSR count). The lowest BCUT2D eigenvalue weighted by Gasteiger charge is -2.13. The minimum absolute atomic E-state index is 0.112. The van der Waals surface area contributed by atoms with Crippen LogP contribution < -0.4 is 5.32 Å². The van der Waals surface area contributed by atoms with Crippen molar-refractivity contribution in [3.05, 3.63) is 88.7 Å². The van der Waals surface area contributed by atoms with Crippen LogP contribution in [-0.2, 0) is 0 Å². The summed E-state index contributed by atoms with van der Waals surface area (Å²) in [4.78, 5) is 12.7. The fourth-order valence-electron chi connectivity index (χ4n) is 3.08. The Morgan fingerprint density at radius 1 is 1.11 bits per heavy atom. The quantitative estimate of drug-likeness (QED) is 0.746. The number of aromatic nitrogens is 1.